The molecule has 5 aromatic rings. The molecule has 0 saturated carbocycles. The Labute approximate surface area is 241 Å². The highest BCUT2D eigenvalue weighted by Gasteiger charge is 2.28. The van der Waals surface area contributed by atoms with E-state index in [-0.39, 0.29) is 11.6 Å². The first-order valence-electron chi connectivity index (χ1n) is 12.9. The van der Waals surface area contributed by atoms with Gasteiger partial charge in [0.25, 0.3) is 5.56 Å². The molecule has 0 bridgehead atoms. The highest BCUT2D eigenvalue weighted by atomic mass is 79.9. The maximum absolute atomic E-state index is 14.1. The Morgan fingerprint density at radius 1 is 1.00 bits per heavy atom. The zero-order chi connectivity index (χ0) is 28.2. The predicted octanol–water partition coefficient (Wildman–Crippen LogP) is 7.26. The van der Waals surface area contributed by atoms with Crippen LogP contribution < -0.4 is 15.6 Å². The van der Waals surface area contributed by atoms with Crippen LogP contribution in [0.2, 0.25) is 0 Å². The molecule has 8 heteroatoms. The van der Waals surface area contributed by atoms with Gasteiger partial charge in [0.05, 0.1) is 29.7 Å². The number of benzene rings is 4. The smallest absolute Gasteiger partial charge is 0.322 e. The topological polar surface area (TPSA) is 76.5 Å². The Kier molecular flexibility index (Phi) is 7.98. The van der Waals surface area contributed by atoms with Crippen molar-refractivity contribution < 1.29 is 9.53 Å². The van der Waals surface area contributed by atoms with Gasteiger partial charge in [-0.3, -0.25) is 9.36 Å². The third-order valence-electron chi connectivity index (χ3n) is 6.77. The summed E-state index contributed by atoms with van der Waals surface area (Å²) in [6, 6.07) is 29.1. The van der Waals surface area contributed by atoms with Crippen molar-refractivity contribution in [2.75, 3.05) is 12.4 Å². The van der Waals surface area contributed by atoms with Crippen molar-refractivity contribution in [1.29, 1.82) is 0 Å². The molecular weight excluding hydrogens is 568 g/mol. The van der Waals surface area contributed by atoms with Crippen LogP contribution in [0.25, 0.3) is 16.6 Å². The molecule has 1 N–H and O–H groups in total. The van der Waals surface area contributed by atoms with Crippen LogP contribution in [-0.4, -0.2) is 27.6 Å². The molecule has 1 unspecified atom stereocenters. The standard InChI is InChI=1S/C32H29BrN4O3/c1-21-13-18-29(40-3)28(19-21)37-30(35-27-12-8-7-11-26(27)31(37)38)22(2)36(20-23-9-5-4-6-10-23)32(39)34-25-16-14-24(33)15-17-25/h4-19,22H,20H2,1-3H3,(H,34,39). The fourth-order valence-electron chi connectivity index (χ4n) is 4.67. The SMILES string of the molecule is COc1ccc(C)cc1-n1c(C(C)N(Cc2ccccc2)C(=O)Nc2ccc(Br)cc2)nc2ccccc2c1=O. The van der Waals surface area contributed by atoms with Crippen LogP contribution in [0.3, 0.4) is 0 Å². The molecule has 202 valence electrons. The molecular formula is C32H29BrN4O3. The van der Waals surface area contributed by atoms with Crippen LogP contribution in [0.15, 0.2) is 106 Å². The molecule has 40 heavy (non-hydrogen) atoms. The van der Waals surface area contributed by atoms with Gasteiger partial charge in [0, 0.05) is 16.7 Å². The molecule has 1 atom stereocenters. The van der Waals surface area contributed by atoms with E-state index in [4.69, 9.17) is 9.72 Å². The molecule has 0 aliphatic carbocycles. The molecule has 1 aromatic heterocycles. The van der Waals surface area contributed by atoms with Gasteiger partial charge in [-0.15, -0.1) is 0 Å². The number of halogens is 1. The maximum Gasteiger partial charge on any atom is 0.322 e. The van der Waals surface area contributed by atoms with E-state index in [1.807, 2.05) is 105 Å². The number of hydrogen-bond donors (Lipinski definition) is 1. The summed E-state index contributed by atoms with van der Waals surface area (Å²) in [4.78, 5) is 34.6. The highest BCUT2D eigenvalue weighted by Crippen LogP contribution is 2.30. The quantitative estimate of drug-likeness (QED) is 0.214. The average molecular weight is 598 g/mol. The van der Waals surface area contributed by atoms with Crippen molar-refractivity contribution in [3.05, 3.63) is 129 Å². The molecule has 0 saturated heterocycles. The number of carbonyl (C=O) groups is 1. The number of fused-ring (bicyclic) bond motifs is 1. The van der Waals surface area contributed by atoms with Crippen LogP contribution in [0, 0.1) is 6.92 Å². The molecule has 0 aliphatic rings. The first-order valence-corrected chi connectivity index (χ1v) is 13.7. The van der Waals surface area contributed by atoms with Crippen molar-refractivity contribution in [3.63, 3.8) is 0 Å². The molecule has 1 heterocycles. The number of aromatic nitrogens is 2. The fraction of sp³-hybridized carbons (Fsp3) is 0.156. The van der Waals surface area contributed by atoms with Gasteiger partial charge in [-0.2, -0.15) is 0 Å². The van der Waals surface area contributed by atoms with Crippen LogP contribution in [0.4, 0.5) is 10.5 Å². The van der Waals surface area contributed by atoms with Gasteiger partial charge < -0.3 is 15.0 Å². The van der Waals surface area contributed by atoms with Gasteiger partial charge in [-0.05, 0) is 73.5 Å². The van der Waals surface area contributed by atoms with Crippen molar-refractivity contribution in [1.82, 2.24) is 14.5 Å². The summed E-state index contributed by atoms with van der Waals surface area (Å²) in [5.41, 5.74) is 3.46. The fourth-order valence-corrected chi connectivity index (χ4v) is 4.93. The van der Waals surface area contributed by atoms with Crippen LogP contribution in [0.1, 0.15) is 29.9 Å². The number of methoxy groups -OCH3 is 1. The number of hydrogen-bond acceptors (Lipinski definition) is 4. The molecule has 0 aliphatic heterocycles. The summed E-state index contributed by atoms with van der Waals surface area (Å²) < 4.78 is 8.15. The van der Waals surface area contributed by atoms with E-state index in [0.717, 1.165) is 15.6 Å². The third kappa shape index (κ3) is 5.62. The Bertz CT molecular complexity index is 1720. The molecule has 5 rings (SSSR count). The van der Waals surface area contributed by atoms with Crippen LogP contribution >= 0.6 is 15.9 Å². The third-order valence-corrected chi connectivity index (χ3v) is 7.30. The number of carbonyl (C=O) groups excluding carboxylic acids is 1. The number of aryl methyl sites for hydroxylation is 1. The lowest BCUT2D eigenvalue weighted by atomic mass is 10.1. The summed E-state index contributed by atoms with van der Waals surface area (Å²) in [5.74, 6) is 0.960. The number of rotatable bonds is 7. The van der Waals surface area contributed by atoms with E-state index in [9.17, 15) is 9.59 Å². The molecule has 0 spiro atoms. The Morgan fingerprint density at radius 2 is 1.70 bits per heavy atom. The van der Waals surface area contributed by atoms with Gasteiger partial charge in [0.15, 0.2) is 0 Å². The molecule has 7 nitrogen and oxygen atoms in total. The van der Waals surface area contributed by atoms with Gasteiger partial charge in [0.1, 0.15) is 11.6 Å². The van der Waals surface area contributed by atoms with E-state index in [0.29, 0.717) is 40.4 Å². The predicted molar refractivity (Wildman–Crippen MR) is 162 cm³/mol. The maximum atomic E-state index is 14.1. The first-order chi connectivity index (χ1) is 19.4. The van der Waals surface area contributed by atoms with Crippen LogP contribution in [0.5, 0.6) is 5.75 Å². The first kappa shape index (κ1) is 27.1. The average Bonchev–Trinajstić information content (AvgIpc) is 2.97. The van der Waals surface area contributed by atoms with Crippen molar-refractivity contribution in [2.45, 2.75) is 26.4 Å². The number of amides is 2. The minimum absolute atomic E-state index is 0.232. The lowest BCUT2D eigenvalue weighted by molar-refractivity contribution is 0.185. The second kappa shape index (κ2) is 11.8. The number of anilines is 1. The number of ether oxygens (including phenoxy) is 1. The Hall–Kier alpha value is -4.43. The van der Waals surface area contributed by atoms with Crippen molar-refractivity contribution in [2.24, 2.45) is 0 Å². The van der Waals surface area contributed by atoms with Crippen molar-refractivity contribution >= 4 is 38.6 Å². The lowest BCUT2D eigenvalue weighted by Gasteiger charge is -2.31. The van der Waals surface area contributed by atoms with E-state index in [1.165, 1.54) is 0 Å². The Morgan fingerprint density at radius 3 is 2.42 bits per heavy atom. The lowest BCUT2D eigenvalue weighted by Crippen LogP contribution is -2.39. The molecule has 0 fully saturated rings. The minimum atomic E-state index is -0.599. The van der Waals surface area contributed by atoms with Crippen molar-refractivity contribution in [3.8, 4) is 11.4 Å². The summed E-state index contributed by atoms with van der Waals surface area (Å²) in [6.07, 6.45) is 0. The molecule has 4 aromatic carbocycles. The molecule has 0 radical (unpaired) electrons. The van der Waals surface area contributed by atoms with E-state index in [2.05, 4.69) is 21.2 Å². The monoisotopic (exact) mass is 596 g/mol. The zero-order valence-electron chi connectivity index (χ0n) is 22.5. The van der Waals surface area contributed by atoms with Gasteiger partial charge in [-0.25, -0.2) is 9.78 Å². The van der Waals surface area contributed by atoms with E-state index < -0.39 is 6.04 Å². The zero-order valence-corrected chi connectivity index (χ0v) is 24.1. The number of nitrogens with one attached hydrogen (secondary N) is 1. The van der Waals surface area contributed by atoms with E-state index >= 15 is 0 Å². The summed E-state index contributed by atoms with van der Waals surface area (Å²) in [5, 5.41) is 3.49. The molecule has 2 amide bonds. The van der Waals surface area contributed by atoms with E-state index in [1.54, 1.807) is 22.6 Å². The second-order valence-corrected chi connectivity index (χ2v) is 10.4. The van der Waals surface area contributed by atoms with Gasteiger partial charge >= 0.3 is 6.03 Å². The Balaban J connectivity index is 1.68. The minimum Gasteiger partial charge on any atom is -0.495 e. The highest BCUT2D eigenvalue weighted by molar-refractivity contribution is 9.10. The summed E-state index contributed by atoms with van der Waals surface area (Å²) >= 11 is 3.44. The van der Waals surface area contributed by atoms with Gasteiger partial charge in [0.2, 0.25) is 0 Å². The largest absolute Gasteiger partial charge is 0.495 e. The second-order valence-electron chi connectivity index (χ2n) is 9.53. The van der Waals surface area contributed by atoms with Crippen LogP contribution in [-0.2, 0) is 6.54 Å². The van der Waals surface area contributed by atoms with Gasteiger partial charge in [-0.1, -0.05) is 64.5 Å². The normalized spacial score (nSPS) is 11.7. The summed E-state index contributed by atoms with van der Waals surface area (Å²) in [6.45, 7) is 4.15. The number of nitrogens with zero attached hydrogens (tertiary/aromatic N) is 3. The number of para-hydroxylation sites is 1. The number of urea groups is 1. The summed E-state index contributed by atoms with van der Waals surface area (Å²) in [7, 11) is 1.57.